The molecule has 2 rings (SSSR count). The number of anilines is 1. The Morgan fingerprint density at radius 3 is 2.53 bits per heavy atom. The van der Waals surface area contributed by atoms with Crippen molar-refractivity contribution in [3.8, 4) is 0 Å². The minimum absolute atomic E-state index is 0.563. The van der Waals surface area contributed by atoms with Gasteiger partial charge in [-0.3, -0.25) is 0 Å². The van der Waals surface area contributed by atoms with Gasteiger partial charge in [0.1, 0.15) is 0 Å². The lowest BCUT2D eigenvalue weighted by atomic mass is 9.95. The molecular weight excluding hydrogens is 344 g/mol. The zero-order valence-electron chi connectivity index (χ0n) is 9.81. The molecule has 3 N–H and O–H groups in total. The van der Waals surface area contributed by atoms with Gasteiger partial charge < -0.3 is 11.1 Å². The van der Waals surface area contributed by atoms with Gasteiger partial charge in [-0.15, -0.1) is 0 Å². The summed E-state index contributed by atoms with van der Waals surface area (Å²) in [5.74, 6) is 0. The molecule has 0 atom stereocenters. The largest absolute Gasteiger partial charge is 0.381 e. The smallest absolute Gasteiger partial charge is 0.0533 e. The minimum atomic E-state index is 0.563. The standard InChI is InChI=1S/C13H18Br2N2/c14-10-6-9(8-16)13(12(15)7-10)17-11-4-2-1-3-5-11/h6-7,11,17H,1-5,8,16H2. The molecule has 0 saturated heterocycles. The summed E-state index contributed by atoms with van der Waals surface area (Å²) in [6.07, 6.45) is 6.59. The Morgan fingerprint density at radius 1 is 1.18 bits per heavy atom. The van der Waals surface area contributed by atoms with E-state index in [1.807, 2.05) is 0 Å². The van der Waals surface area contributed by atoms with E-state index in [4.69, 9.17) is 5.73 Å². The van der Waals surface area contributed by atoms with Crippen molar-refractivity contribution in [3.05, 3.63) is 26.6 Å². The van der Waals surface area contributed by atoms with Crippen LogP contribution in [0.15, 0.2) is 21.1 Å². The molecule has 2 nitrogen and oxygen atoms in total. The number of halogens is 2. The van der Waals surface area contributed by atoms with Crippen molar-refractivity contribution < 1.29 is 0 Å². The summed E-state index contributed by atoms with van der Waals surface area (Å²) in [5, 5.41) is 3.65. The van der Waals surface area contributed by atoms with E-state index in [1.165, 1.54) is 37.8 Å². The Bertz CT molecular complexity index is 387. The molecule has 1 aromatic carbocycles. The van der Waals surface area contributed by atoms with Crippen LogP contribution in [-0.2, 0) is 6.54 Å². The molecule has 94 valence electrons. The molecule has 0 amide bonds. The second kappa shape index (κ2) is 6.21. The van der Waals surface area contributed by atoms with Crippen LogP contribution in [0.3, 0.4) is 0 Å². The maximum Gasteiger partial charge on any atom is 0.0533 e. The molecule has 1 aromatic rings. The van der Waals surface area contributed by atoms with E-state index in [-0.39, 0.29) is 0 Å². The highest BCUT2D eigenvalue weighted by molar-refractivity contribution is 9.11. The van der Waals surface area contributed by atoms with Crippen molar-refractivity contribution in [3.63, 3.8) is 0 Å². The first-order chi connectivity index (χ1) is 8.20. The fourth-order valence-electron chi connectivity index (χ4n) is 2.40. The summed E-state index contributed by atoms with van der Waals surface area (Å²) in [6, 6.07) is 4.77. The van der Waals surface area contributed by atoms with E-state index < -0.39 is 0 Å². The second-order valence-electron chi connectivity index (χ2n) is 4.61. The number of nitrogens with one attached hydrogen (secondary N) is 1. The van der Waals surface area contributed by atoms with Gasteiger partial charge in [0.25, 0.3) is 0 Å². The Hall–Kier alpha value is -0.0600. The first kappa shape index (κ1) is 13.4. The first-order valence-corrected chi connectivity index (χ1v) is 7.74. The molecule has 0 spiro atoms. The molecule has 17 heavy (non-hydrogen) atoms. The van der Waals surface area contributed by atoms with E-state index >= 15 is 0 Å². The zero-order chi connectivity index (χ0) is 12.3. The van der Waals surface area contributed by atoms with Crippen LogP contribution in [0.5, 0.6) is 0 Å². The molecule has 0 unspecified atom stereocenters. The molecule has 0 aliphatic heterocycles. The van der Waals surface area contributed by atoms with Gasteiger partial charge in [-0.25, -0.2) is 0 Å². The van der Waals surface area contributed by atoms with E-state index in [0.29, 0.717) is 12.6 Å². The van der Waals surface area contributed by atoms with Gasteiger partial charge in [0.05, 0.1) is 5.69 Å². The summed E-state index contributed by atoms with van der Waals surface area (Å²) in [4.78, 5) is 0. The van der Waals surface area contributed by atoms with Gasteiger partial charge >= 0.3 is 0 Å². The van der Waals surface area contributed by atoms with Crippen molar-refractivity contribution in [1.29, 1.82) is 0 Å². The first-order valence-electron chi connectivity index (χ1n) is 6.15. The maximum absolute atomic E-state index is 5.81. The molecule has 1 fully saturated rings. The molecule has 1 aliphatic carbocycles. The SMILES string of the molecule is NCc1cc(Br)cc(Br)c1NC1CCCCC1. The molecule has 0 bridgehead atoms. The average molecular weight is 362 g/mol. The summed E-state index contributed by atoms with van der Waals surface area (Å²) in [6.45, 7) is 0.563. The molecule has 0 radical (unpaired) electrons. The molecule has 0 heterocycles. The number of hydrogen-bond acceptors (Lipinski definition) is 2. The van der Waals surface area contributed by atoms with E-state index in [9.17, 15) is 0 Å². The second-order valence-corrected chi connectivity index (χ2v) is 6.38. The van der Waals surface area contributed by atoms with Crippen LogP contribution < -0.4 is 11.1 Å². The van der Waals surface area contributed by atoms with Crippen molar-refractivity contribution in [1.82, 2.24) is 0 Å². The Kier molecular flexibility index (Phi) is 4.88. The van der Waals surface area contributed by atoms with Gasteiger partial charge in [-0.2, -0.15) is 0 Å². The summed E-state index contributed by atoms with van der Waals surface area (Å²) >= 11 is 7.12. The third-order valence-electron chi connectivity index (χ3n) is 3.31. The molecule has 1 saturated carbocycles. The number of rotatable bonds is 3. The highest BCUT2D eigenvalue weighted by atomic mass is 79.9. The van der Waals surface area contributed by atoms with Crippen LogP contribution in [0, 0.1) is 0 Å². The lowest BCUT2D eigenvalue weighted by molar-refractivity contribution is 0.462. The van der Waals surface area contributed by atoms with Crippen molar-refractivity contribution >= 4 is 37.5 Å². The highest BCUT2D eigenvalue weighted by Crippen LogP contribution is 2.33. The van der Waals surface area contributed by atoms with Crippen LogP contribution in [0.4, 0.5) is 5.69 Å². The molecular formula is C13H18Br2N2. The Balaban J connectivity index is 2.18. The summed E-state index contributed by atoms with van der Waals surface area (Å²) < 4.78 is 2.16. The predicted octanol–water partition coefficient (Wildman–Crippen LogP) is 4.41. The third-order valence-corrected chi connectivity index (χ3v) is 4.39. The average Bonchev–Trinajstić information content (AvgIpc) is 2.33. The highest BCUT2D eigenvalue weighted by Gasteiger charge is 2.16. The number of nitrogens with two attached hydrogens (primary N) is 1. The quantitative estimate of drug-likeness (QED) is 0.836. The summed E-state index contributed by atoms with van der Waals surface area (Å²) in [5.41, 5.74) is 8.14. The molecule has 1 aliphatic rings. The molecule has 4 heteroatoms. The topological polar surface area (TPSA) is 38.0 Å². The monoisotopic (exact) mass is 360 g/mol. The van der Waals surface area contributed by atoms with Gasteiger partial charge in [-0.1, -0.05) is 35.2 Å². The lowest BCUT2D eigenvalue weighted by Crippen LogP contribution is -2.23. The van der Waals surface area contributed by atoms with E-state index in [1.54, 1.807) is 0 Å². The third kappa shape index (κ3) is 3.46. The summed E-state index contributed by atoms with van der Waals surface area (Å²) in [7, 11) is 0. The number of hydrogen-bond donors (Lipinski definition) is 2. The van der Waals surface area contributed by atoms with Crippen molar-refractivity contribution in [2.24, 2.45) is 5.73 Å². The van der Waals surface area contributed by atoms with Gasteiger partial charge in [-0.05, 0) is 46.5 Å². The van der Waals surface area contributed by atoms with E-state index in [0.717, 1.165) is 14.5 Å². The van der Waals surface area contributed by atoms with E-state index in [2.05, 4.69) is 49.3 Å². The minimum Gasteiger partial charge on any atom is -0.381 e. The van der Waals surface area contributed by atoms with Crippen LogP contribution in [-0.4, -0.2) is 6.04 Å². The van der Waals surface area contributed by atoms with Crippen LogP contribution in [0.2, 0.25) is 0 Å². The van der Waals surface area contributed by atoms with Crippen LogP contribution in [0.25, 0.3) is 0 Å². The van der Waals surface area contributed by atoms with Gasteiger partial charge in [0, 0.05) is 21.5 Å². The normalized spacial score (nSPS) is 17.1. The zero-order valence-corrected chi connectivity index (χ0v) is 13.0. The van der Waals surface area contributed by atoms with Crippen LogP contribution in [0.1, 0.15) is 37.7 Å². The van der Waals surface area contributed by atoms with Crippen LogP contribution >= 0.6 is 31.9 Å². The fraction of sp³-hybridized carbons (Fsp3) is 0.538. The number of benzene rings is 1. The molecule has 0 aromatic heterocycles. The van der Waals surface area contributed by atoms with Crippen molar-refractivity contribution in [2.75, 3.05) is 5.32 Å². The van der Waals surface area contributed by atoms with Gasteiger partial charge in [0.15, 0.2) is 0 Å². The van der Waals surface area contributed by atoms with Gasteiger partial charge in [0.2, 0.25) is 0 Å². The predicted molar refractivity (Wildman–Crippen MR) is 80.2 cm³/mol. The van der Waals surface area contributed by atoms with Crippen molar-refractivity contribution in [2.45, 2.75) is 44.7 Å². The Labute approximate surface area is 120 Å². The maximum atomic E-state index is 5.81. The lowest BCUT2D eigenvalue weighted by Gasteiger charge is -2.26. The Morgan fingerprint density at radius 2 is 1.88 bits per heavy atom. The fourth-order valence-corrected chi connectivity index (χ4v) is 3.83.